The average Bonchev–Trinajstić information content (AvgIpc) is 3.60. The van der Waals surface area contributed by atoms with Crippen molar-refractivity contribution in [1.29, 1.82) is 0 Å². The number of hydrogen-bond donors (Lipinski definition) is 1. The standard InChI is InChI=1S/C24H27Cl2N3O3S/c25-20-9-8-19(15-21(20)26)33(31,32)28-12-10-24(11-13-28)27-22(14-17-4-2-1-3-5-17)23(30)29(24)16-18-6-7-18/h1-5,8-9,15,18,22,27H,6-7,10-14,16H2/t22-/m1/s1. The molecular weight excluding hydrogens is 481 g/mol. The van der Waals surface area contributed by atoms with Gasteiger partial charge in [0.25, 0.3) is 0 Å². The van der Waals surface area contributed by atoms with Crippen LogP contribution < -0.4 is 5.32 Å². The zero-order valence-corrected chi connectivity index (χ0v) is 20.5. The third-order valence-electron chi connectivity index (χ3n) is 7.02. The summed E-state index contributed by atoms with van der Waals surface area (Å²) in [5, 5.41) is 4.17. The van der Waals surface area contributed by atoms with Gasteiger partial charge in [0.2, 0.25) is 15.9 Å². The summed E-state index contributed by atoms with van der Waals surface area (Å²) in [6.45, 7) is 1.42. The van der Waals surface area contributed by atoms with Crippen molar-refractivity contribution in [3.8, 4) is 0 Å². The summed E-state index contributed by atoms with van der Waals surface area (Å²) < 4.78 is 27.9. The summed E-state index contributed by atoms with van der Waals surface area (Å²) >= 11 is 12.0. The van der Waals surface area contributed by atoms with Crippen molar-refractivity contribution in [1.82, 2.24) is 14.5 Å². The van der Waals surface area contributed by atoms with Gasteiger partial charge < -0.3 is 4.90 Å². The molecule has 1 N–H and O–H groups in total. The number of carbonyl (C=O) groups excluding carboxylic acids is 1. The van der Waals surface area contributed by atoms with E-state index in [1.807, 2.05) is 35.2 Å². The smallest absolute Gasteiger partial charge is 0.243 e. The van der Waals surface area contributed by atoms with E-state index in [2.05, 4.69) is 5.32 Å². The van der Waals surface area contributed by atoms with Gasteiger partial charge >= 0.3 is 0 Å². The van der Waals surface area contributed by atoms with E-state index in [1.165, 1.54) is 22.5 Å². The summed E-state index contributed by atoms with van der Waals surface area (Å²) in [5.74, 6) is 0.688. The number of sulfonamides is 1. The molecule has 2 aliphatic heterocycles. The Morgan fingerprint density at radius 2 is 1.70 bits per heavy atom. The highest BCUT2D eigenvalue weighted by atomic mass is 35.5. The number of amides is 1. The third kappa shape index (κ3) is 4.54. The van der Waals surface area contributed by atoms with E-state index in [-0.39, 0.29) is 21.9 Å². The van der Waals surface area contributed by atoms with Gasteiger partial charge in [0, 0.05) is 19.6 Å². The van der Waals surface area contributed by atoms with E-state index in [1.54, 1.807) is 0 Å². The van der Waals surface area contributed by atoms with Crippen LogP contribution in [0.2, 0.25) is 10.0 Å². The van der Waals surface area contributed by atoms with Crippen LogP contribution in [0.5, 0.6) is 0 Å². The zero-order valence-electron chi connectivity index (χ0n) is 18.2. The highest BCUT2D eigenvalue weighted by Gasteiger charge is 2.53. The fourth-order valence-electron chi connectivity index (χ4n) is 4.97. The fraction of sp³-hybridized carbons (Fsp3) is 0.458. The first-order valence-corrected chi connectivity index (χ1v) is 13.6. The van der Waals surface area contributed by atoms with Crippen LogP contribution in [-0.2, 0) is 21.2 Å². The molecule has 2 aromatic carbocycles. The topological polar surface area (TPSA) is 69.7 Å². The van der Waals surface area contributed by atoms with Gasteiger partial charge in [0.15, 0.2) is 0 Å². The lowest BCUT2D eigenvalue weighted by Gasteiger charge is -2.44. The van der Waals surface area contributed by atoms with Crippen molar-refractivity contribution in [2.24, 2.45) is 5.92 Å². The largest absolute Gasteiger partial charge is 0.323 e. The number of nitrogens with one attached hydrogen (secondary N) is 1. The Kier molecular flexibility index (Phi) is 6.20. The van der Waals surface area contributed by atoms with Crippen LogP contribution in [0.15, 0.2) is 53.4 Å². The van der Waals surface area contributed by atoms with Crippen molar-refractivity contribution in [3.05, 3.63) is 64.1 Å². The molecule has 1 spiro atoms. The lowest BCUT2D eigenvalue weighted by Crippen LogP contribution is -2.59. The molecule has 6 nitrogen and oxygen atoms in total. The molecule has 0 unspecified atom stereocenters. The van der Waals surface area contributed by atoms with E-state index in [0.717, 1.165) is 24.9 Å². The SMILES string of the molecule is O=C1[C@@H](Cc2ccccc2)NC2(CCN(S(=O)(=O)c3ccc(Cl)c(Cl)c3)CC2)N1CC1CC1. The van der Waals surface area contributed by atoms with Crippen LogP contribution in [0.4, 0.5) is 0 Å². The molecule has 33 heavy (non-hydrogen) atoms. The van der Waals surface area contributed by atoms with Crippen LogP contribution in [0, 0.1) is 5.92 Å². The molecule has 5 rings (SSSR count). The number of halogens is 2. The summed E-state index contributed by atoms with van der Waals surface area (Å²) in [6, 6.07) is 14.1. The second-order valence-corrected chi connectivity index (χ2v) is 12.0. The highest BCUT2D eigenvalue weighted by molar-refractivity contribution is 7.89. The quantitative estimate of drug-likeness (QED) is 0.642. The van der Waals surface area contributed by atoms with Gasteiger partial charge in [-0.05, 0) is 61.8 Å². The van der Waals surface area contributed by atoms with Gasteiger partial charge in [0.05, 0.1) is 26.6 Å². The van der Waals surface area contributed by atoms with Gasteiger partial charge in [-0.2, -0.15) is 4.31 Å². The number of rotatable bonds is 6. The number of nitrogens with zero attached hydrogens (tertiary/aromatic N) is 2. The Labute approximate surface area is 204 Å². The van der Waals surface area contributed by atoms with E-state index in [9.17, 15) is 13.2 Å². The van der Waals surface area contributed by atoms with Crippen molar-refractivity contribution in [3.63, 3.8) is 0 Å². The average molecular weight is 508 g/mol. The van der Waals surface area contributed by atoms with Gasteiger partial charge in [-0.3, -0.25) is 10.1 Å². The molecule has 1 atom stereocenters. The molecule has 176 valence electrons. The van der Waals surface area contributed by atoms with E-state index in [0.29, 0.717) is 43.3 Å². The second kappa shape index (κ2) is 8.86. The third-order valence-corrected chi connectivity index (χ3v) is 9.66. The minimum atomic E-state index is -3.69. The van der Waals surface area contributed by atoms with Crippen molar-refractivity contribution in [2.45, 2.75) is 48.7 Å². The highest BCUT2D eigenvalue weighted by Crippen LogP contribution is 2.39. The van der Waals surface area contributed by atoms with Crippen molar-refractivity contribution >= 4 is 39.1 Å². The minimum absolute atomic E-state index is 0.131. The molecule has 2 aromatic rings. The molecule has 1 aliphatic carbocycles. The van der Waals surface area contributed by atoms with Crippen LogP contribution in [0.3, 0.4) is 0 Å². The molecule has 2 saturated heterocycles. The summed E-state index contributed by atoms with van der Waals surface area (Å²) in [7, 11) is -3.69. The van der Waals surface area contributed by atoms with Gasteiger partial charge in [-0.25, -0.2) is 8.42 Å². The Morgan fingerprint density at radius 1 is 1.00 bits per heavy atom. The molecule has 1 saturated carbocycles. The first kappa shape index (κ1) is 23.1. The molecule has 3 fully saturated rings. The molecular formula is C24H27Cl2N3O3S. The molecule has 3 aliphatic rings. The lowest BCUT2D eigenvalue weighted by molar-refractivity contribution is -0.133. The maximum Gasteiger partial charge on any atom is 0.243 e. The zero-order chi connectivity index (χ0) is 23.2. The van der Waals surface area contributed by atoms with E-state index < -0.39 is 15.7 Å². The Morgan fingerprint density at radius 3 is 2.33 bits per heavy atom. The van der Waals surface area contributed by atoms with Crippen LogP contribution in [0.25, 0.3) is 0 Å². The summed E-state index contributed by atoms with van der Waals surface area (Å²) in [5.41, 5.74) is 0.620. The van der Waals surface area contributed by atoms with E-state index >= 15 is 0 Å². The number of hydrogen-bond acceptors (Lipinski definition) is 4. The summed E-state index contributed by atoms with van der Waals surface area (Å²) in [6.07, 6.45) is 4.05. The first-order valence-electron chi connectivity index (χ1n) is 11.4. The number of carbonyl (C=O) groups is 1. The normalized spacial score (nSPS) is 23.4. The van der Waals surface area contributed by atoms with Crippen LogP contribution in [0.1, 0.15) is 31.2 Å². The van der Waals surface area contributed by atoms with Gasteiger partial charge in [0.1, 0.15) is 0 Å². The van der Waals surface area contributed by atoms with E-state index in [4.69, 9.17) is 23.2 Å². The maximum atomic E-state index is 13.4. The molecule has 0 radical (unpaired) electrons. The Bertz CT molecular complexity index is 1150. The van der Waals surface area contributed by atoms with Gasteiger partial charge in [-0.15, -0.1) is 0 Å². The summed E-state index contributed by atoms with van der Waals surface area (Å²) in [4.78, 5) is 15.6. The number of benzene rings is 2. The molecule has 9 heteroatoms. The number of piperidine rings is 1. The molecule has 0 bridgehead atoms. The molecule has 1 amide bonds. The minimum Gasteiger partial charge on any atom is -0.323 e. The molecule has 0 aromatic heterocycles. The van der Waals surface area contributed by atoms with Gasteiger partial charge in [-0.1, -0.05) is 53.5 Å². The first-order chi connectivity index (χ1) is 15.8. The molecule has 2 heterocycles. The Balaban J connectivity index is 1.34. The monoisotopic (exact) mass is 507 g/mol. The lowest BCUT2D eigenvalue weighted by atomic mass is 9.97. The van der Waals surface area contributed by atoms with Crippen molar-refractivity contribution in [2.75, 3.05) is 19.6 Å². The Hall–Kier alpha value is -1.64. The predicted octanol–water partition coefficient (Wildman–Crippen LogP) is 3.93. The van der Waals surface area contributed by atoms with Crippen molar-refractivity contribution < 1.29 is 13.2 Å². The fourth-order valence-corrected chi connectivity index (χ4v) is 6.80. The van der Waals surface area contributed by atoms with Crippen LogP contribution >= 0.6 is 23.2 Å². The van der Waals surface area contributed by atoms with Crippen LogP contribution in [-0.4, -0.2) is 54.9 Å². The maximum absolute atomic E-state index is 13.4. The predicted molar refractivity (Wildman–Crippen MR) is 129 cm³/mol. The second-order valence-electron chi connectivity index (χ2n) is 9.29.